The van der Waals surface area contributed by atoms with Crippen molar-refractivity contribution in [1.29, 1.82) is 0 Å². The van der Waals surface area contributed by atoms with Crippen molar-refractivity contribution >= 4 is 17.3 Å². The van der Waals surface area contributed by atoms with Gasteiger partial charge in [0.15, 0.2) is 6.79 Å². The van der Waals surface area contributed by atoms with Gasteiger partial charge in [-0.25, -0.2) is 0 Å². The van der Waals surface area contributed by atoms with Gasteiger partial charge in [-0.2, -0.15) is 0 Å². The topological polar surface area (TPSA) is 73.6 Å². The monoisotopic (exact) mass is 348 g/mol. The first-order valence-corrected chi connectivity index (χ1v) is 7.92. The van der Waals surface area contributed by atoms with Crippen LogP contribution >= 0.6 is 11.6 Å². The Morgan fingerprint density at radius 3 is 2.92 bits per heavy atom. The number of hydrogen-bond acceptors (Lipinski definition) is 5. The maximum atomic E-state index is 11.1. The zero-order valence-corrected chi connectivity index (χ0v) is 13.9. The van der Waals surface area contributed by atoms with Crippen LogP contribution in [0, 0.1) is 10.1 Å². The lowest BCUT2D eigenvalue weighted by Crippen LogP contribution is -2.21. The molecule has 0 aliphatic carbocycles. The first-order chi connectivity index (χ1) is 11.6. The molecule has 0 unspecified atom stereocenters. The van der Waals surface area contributed by atoms with Crippen molar-refractivity contribution in [1.82, 2.24) is 5.32 Å². The zero-order chi connectivity index (χ0) is 17.1. The number of benzene rings is 2. The van der Waals surface area contributed by atoms with Gasteiger partial charge in [0.05, 0.1) is 11.5 Å². The Hall–Kier alpha value is -2.15. The van der Waals surface area contributed by atoms with Crippen molar-refractivity contribution in [2.45, 2.75) is 26.1 Å². The van der Waals surface area contributed by atoms with E-state index >= 15 is 0 Å². The molecule has 7 heteroatoms. The Kier molecular flexibility index (Phi) is 4.99. The SMILES string of the molecule is C[C@@H](NCc1cc([N+](=O)[O-])cc2c1OCOC2)c1ccccc1Cl. The summed E-state index contributed by atoms with van der Waals surface area (Å²) in [6, 6.07) is 10.6. The van der Waals surface area contributed by atoms with Gasteiger partial charge in [0.2, 0.25) is 0 Å². The fraction of sp³-hybridized carbons (Fsp3) is 0.294. The van der Waals surface area contributed by atoms with E-state index < -0.39 is 4.92 Å². The van der Waals surface area contributed by atoms with Crippen molar-refractivity contribution in [3.8, 4) is 5.75 Å². The third-order valence-corrected chi connectivity index (χ3v) is 4.30. The van der Waals surface area contributed by atoms with Gasteiger partial charge in [-0.1, -0.05) is 29.8 Å². The number of hydrogen-bond donors (Lipinski definition) is 1. The highest BCUT2D eigenvalue weighted by atomic mass is 35.5. The molecule has 6 nitrogen and oxygen atoms in total. The lowest BCUT2D eigenvalue weighted by molar-refractivity contribution is -0.385. The second-order valence-electron chi connectivity index (χ2n) is 5.59. The average molecular weight is 349 g/mol. The maximum absolute atomic E-state index is 11.1. The maximum Gasteiger partial charge on any atom is 0.270 e. The quantitative estimate of drug-likeness (QED) is 0.653. The van der Waals surface area contributed by atoms with Gasteiger partial charge in [-0.3, -0.25) is 10.1 Å². The third kappa shape index (κ3) is 3.51. The lowest BCUT2D eigenvalue weighted by atomic mass is 10.0. The number of halogens is 1. The molecular weight excluding hydrogens is 332 g/mol. The molecule has 1 atom stereocenters. The van der Waals surface area contributed by atoms with Gasteiger partial charge in [0, 0.05) is 40.9 Å². The highest BCUT2D eigenvalue weighted by Crippen LogP contribution is 2.33. The molecule has 1 aliphatic heterocycles. The summed E-state index contributed by atoms with van der Waals surface area (Å²) in [5, 5.41) is 15.2. The van der Waals surface area contributed by atoms with Gasteiger partial charge in [-0.15, -0.1) is 0 Å². The summed E-state index contributed by atoms with van der Waals surface area (Å²) in [4.78, 5) is 10.7. The second-order valence-corrected chi connectivity index (χ2v) is 5.99. The summed E-state index contributed by atoms with van der Waals surface area (Å²) in [6.07, 6.45) is 0. The van der Waals surface area contributed by atoms with E-state index in [9.17, 15) is 10.1 Å². The molecule has 1 heterocycles. The van der Waals surface area contributed by atoms with E-state index in [1.165, 1.54) is 12.1 Å². The number of ether oxygens (including phenoxy) is 2. The molecule has 0 fully saturated rings. The first kappa shape index (κ1) is 16.7. The van der Waals surface area contributed by atoms with Crippen LogP contribution in [-0.4, -0.2) is 11.7 Å². The van der Waals surface area contributed by atoms with Crippen LogP contribution in [0.25, 0.3) is 0 Å². The molecule has 2 aromatic carbocycles. The Morgan fingerprint density at radius 2 is 2.17 bits per heavy atom. The first-order valence-electron chi connectivity index (χ1n) is 7.55. The summed E-state index contributed by atoms with van der Waals surface area (Å²) < 4.78 is 10.8. The predicted molar refractivity (Wildman–Crippen MR) is 90.1 cm³/mol. The van der Waals surface area contributed by atoms with Crippen LogP contribution in [0.15, 0.2) is 36.4 Å². The summed E-state index contributed by atoms with van der Waals surface area (Å²) in [5.41, 5.74) is 2.44. The molecule has 0 saturated heterocycles. The van der Waals surface area contributed by atoms with E-state index in [0.29, 0.717) is 29.5 Å². The predicted octanol–water partition coefficient (Wildman–Crippen LogP) is 3.97. The van der Waals surface area contributed by atoms with Crippen LogP contribution in [0.3, 0.4) is 0 Å². The summed E-state index contributed by atoms with van der Waals surface area (Å²) in [7, 11) is 0. The zero-order valence-electron chi connectivity index (χ0n) is 13.1. The van der Waals surface area contributed by atoms with Crippen molar-refractivity contribution in [3.05, 3.63) is 68.2 Å². The van der Waals surface area contributed by atoms with E-state index in [-0.39, 0.29) is 18.5 Å². The van der Waals surface area contributed by atoms with Crippen LogP contribution in [0.2, 0.25) is 5.02 Å². The van der Waals surface area contributed by atoms with Gasteiger partial charge in [-0.05, 0) is 18.6 Å². The van der Waals surface area contributed by atoms with E-state index in [1.807, 2.05) is 31.2 Å². The highest BCUT2D eigenvalue weighted by Gasteiger charge is 2.21. The smallest absolute Gasteiger partial charge is 0.270 e. The molecule has 0 aromatic heterocycles. The van der Waals surface area contributed by atoms with Gasteiger partial charge in [0.25, 0.3) is 5.69 Å². The molecule has 24 heavy (non-hydrogen) atoms. The van der Waals surface area contributed by atoms with E-state index in [1.54, 1.807) is 0 Å². The van der Waals surface area contributed by atoms with Crippen molar-refractivity contribution in [2.75, 3.05) is 6.79 Å². The van der Waals surface area contributed by atoms with Crippen LogP contribution in [0.1, 0.15) is 29.7 Å². The minimum Gasteiger partial charge on any atom is -0.467 e. The Labute approximate surface area is 144 Å². The summed E-state index contributed by atoms with van der Waals surface area (Å²) in [6.45, 7) is 2.88. The van der Waals surface area contributed by atoms with Gasteiger partial charge < -0.3 is 14.8 Å². The standard InChI is InChI=1S/C17H17ClN2O4/c1-11(15-4-2-3-5-16(15)18)19-8-12-6-14(20(21)22)7-13-9-23-10-24-17(12)13/h2-7,11,19H,8-10H2,1H3/t11-/m1/s1. The number of rotatable bonds is 5. The Morgan fingerprint density at radius 1 is 1.38 bits per heavy atom. The molecule has 0 amide bonds. The second kappa shape index (κ2) is 7.17. The average Bonchev–Trinajstić information content (AvgIpc) is 2.59. The largest absolute Gasteiger partial charge is 0.467 e. The summed E-state index contributed by atoms with van der Waals surface area (Å²) >= 11 is 6.21. The molecule has 0 radical (unpaired) electrons. The molecule has 3 rings (SSSR count). The van der Waals surface area contributed by atoms with Crippen LogP contribution in [0.5, 0.6) is 5.75 Å². The molecule has 2 aromatic rings. The fourth-order valence-electron chi connectivity index (χ4n) is 2.72. The van der Waals surface area contributed by atoms with Crippen LogP contribution in [0.4, 0.5) is 5.69 Å². The minimum absolute atomic E-state index is 0.00606. The highest BCUT2D eigenvalue weighted by molar-refractivity contribution is 6.31. The molecule has 0 saturated carbocycles. The van der Waals surface area contributed by atoms with Gasteiger partial charge >= 0.3 is 0 Å². The van der Waals surface area contributed by atoms with Gasteiger partial charge in [0.1, 0.15) is 5.75 Å². The molecule has 1 aliphatic rings. The van der Waals surface area contributed by atoms with Crippen LogP contribution < -0.4 is 10.1 Å². The Balaban J connectivity index is 1.83. The van der Waals surface area contributed by atoms with Crippen LogP contribution in [-0.2, 0) is 17.9 Å². The number of nitrogens with one attached hydrogen (secondary N) is 1. The van der Waals surface area contributed by atoms with Crippen molar-refractivity contribution in [3.63, 3.8) is 0 Å². The third-order valence-electron chi connectivity index (χ3n) is 3.95. The number of fused-ring (bicyclic) bond motifs is 1. The normalized spacial score (nSPS) is 14.6. The number of nitro benzene ring substituents is 1. The summed E-state index contributed by atoms with van der Waals surface area (Å²) in [5.74, 6) is 0.658. The van der Waals surface area contributed by atoms with E-state index in [2.05, 4.69) is 5.32 Å². The molecule has 0 bridgehead atoms. The Bertz CT molecular complexity index is 766. The lowest BCUT2D eigenvalue weighted by Gasteiger charge is -2.22. The molecule has 126 valence electrons. The number of nitrogens with zero attached hydrogens (tertiary/aromatic N) is 1. The molecular formula is C17H17ClN2O4. The van der Waals surface area contributed by atoms with Crippen molar-refractivity contribution < 1.29 is 14.4 Å². The number of nitro groups is 1. The fourth-order valence-corrected chi connectivity index (χ4v) is 3.02. The molecule has 0 spiro atoms. The van der Waals surface area contributed by atoms with E-state index in [0.717, 1.165) is 11.1 Å². The van der Waals surface area contributed by atoms with Crippen molar-refractivity contribution in [2.24, 2.45) is 0 Å². The number of non-ortho nitro benzene ring substituents is 1. The van der Waals surface area contributed by atoms with E-state index in [4.69, 9.17) is 21.1 Å². The minimum atomic E-state index is -0.407. The molecule has 1 N–H and O–H groups in total.